The smallest absolute Gasteiger partial charge is 0.266 e. The summed E-state index contributed by atoms with van der Waals surface area (Å²) < 4.78 is 7.76. The van der Waals surface area contributed by atoms with Gasteiger partial charge in [-0.05, 0) is 57.0 Å². The van der Waals surface area contributed by atoms with Gasteiger partial charge in [0, 0.05) is 37.3 Å². The summed E-state index contributed by atoms with van der Waals surface area (Å²) in [7, 11) is 1.91. The summed E-state index contributed by atoms with van der Waals surface area (Å²) in [5, 5.41) is 5.15. The highest BCUT2D eigenvalue weighted by molar-refractivity contribution is 6.30. The highest BCUT2D eigenvalue weighted by Gasteiger charge is 2.37. The number of aromatic nitrogens is 2. The van der Waals surface area contributed by atoms with E-state index in [1.807, 2.05) is 42.7 Å². The van der Waals surface area contributed by atoms with E-state index in [0.717, 1.165) is 25.1 Å². The van der Waals surface area contributed by atoms with E-state index in [1.165, 1.54) is 0 Å². The SMILES string of the molecule is Cn1ccc(C2CCCN(C(=O)C(C)(C)Oc3ccc(Cl)cc3)C2)n1. The minimum Gasteiger partial charge on any atom is -0.478 e. The van der Waals surface area contributed by atoms with E-state index in [0.29, 0.717) is 17.3 Å². The molecule has 3 rings (SSSR count). The van der Waals surface area contributed by atoms with Crippen LogP contribution in [0.2, 0.25) is 5.02 Å². The third-order valence-corrected chi connectivity index (χ3v) is 4.81. The first-order valence-electron chi connectivity index (χ1n) is 8.58. The van der Waals surface area contributed by atoms with Crippen molar-refractivity contribution in [1.82, 2.24) is 14.7 Å². The zero-order valence-electron chi connectivity index (χ0n) is 14.9. The molecule has 1 aliphatic rings. The lowest BCUT2D eigenvalue weighted by Crippen LogP contribution is -2.51. The Balaban J connectivity index is 1.69. The second-order valence-electron chi connectivity index (χ2n) is 7.07. The van der Waals surface area contributed by atoms with Crippen LogP contribution < -0.4 is 4.74 Å². The maximum Gasteiger partial charge on any atom is 0.266 e. The van der Waals surface area contributed by atoms with Gasteiger partial charge in [0.05, 0.1) is 5.69 Å². The largest absolute Gasteiger partial charge is 0.478 e. The molecule has 134 valence electrons. The van der Waals surface area contributed by atoms with Gasteiger partial charge in [-0.25, -0.2) is 0 Å². The summed E-state index contributed by atoms with van der Waals surface area (Å²) in [6.07, 6.45) is 3.98. The van der Waals surface area contributed by atoms with Crippen LogP contribution in [0.3, 0.4) is 0 Å². The Kier molecular flexibility index (Phi) is 5.04. The van der Waals surface area contributed by atoms with Crippen molar-refractivity contribution in [1.29, 1.82) is 0 Å². The molecule has 25 heavy (non-hydrogen) atoms. The van der Waals surface area contributed by atoms with Gasteiger partial charge in [-0.3, -0.25) is 9.48 Å². The molecule has 2 heterocycles. The Hall–Kier alpha value is -2.01. The molecule has 5 nitrogen and oxygen atoms in total. The van der Waals surface area contributed by atoms with Crippen LogP contribution in [-0.2, 0) is 11.8 Å². The van der Waals surface area contributed by atoms with Crippen LogP contribution in [0.4, 0.5) is 0 Å². The van der Waals surface area contributed by atoms with Crippen molar-refractivity contribution >= 4 is 17.5 Å². The van der Waals surface area contributed by atoms with Gasteiger partial charge in [0.1, 0.15) is 5.75 Å². The number of rotatable bonds is 4. The first kappa shape index (κ1) is 17.8. The first-order valence-corrected chi connectivity index (χ1v) is 8.96. The number of aryl methyl sites for hydroxylation is 1. The van der Waals surface area contributed by atoms with Crippen LogP contribution in [0.5, 0.6) is 5.75 Å². The molecule has 1 saturated heterocycles. The van der Waals surface area contributed by atoms with Gasteiger partial charge in [0.25, 0.3) is 5.91 Å². The minimum absolute atomic E-state index is 0.00285. The summed E-state index contributed by atoms with van der Waals surface area (Å²) >= 11 is 5.90. The highest BCUT2D eigenvalue weighted by Crippen LogP contribution is 2.28. The van der Waals surface area contributed by atoms with Crippen LogP contribution >= 0.6 is 11.6 Å². The summed E-state index contributed by atoms with van der Waals surface area (Å²) in [6.45, 7) is 5.07. The summed E-state index contributed by atoms with van der Waals surface area (Å²) in [4.78, 5) is 14.9. The molecule has 1 atom stereocenters. The van der Waals surface area contributed by atoms with E-state index < -0.39 is 5.60 Å². The summed E-state index contributed by atoms with van der Waals surface area (Å²) in [5.41, 5.74) is 0.122. The van der Waals surface area contributed by atoms with Gasteiger partial charge < -0.3 is 9.64 Å². The molecule has 1 aliphatic heterocycles. The molecule has 0 bridgehead atoms. The van der Waals surface area contributed by atoms with E-state index in [2.05, 4.69) is 5.10 Å². The highest BCUT2D eigenvalue weighted by atomic mass is 35.5. The lowest BCUT2D eigenvalue weighted by atomic mass is 9.93. The average Bonchev–Trinajstić information content (AvgIpc) is 3.03. The fraction of sp³-hybridized carbons (Fsp3) is 0.474. The van der Waals surface area contributed by atoms with Crippen molar-refractivity contribution in [2.45, 2.75) is 38.2 Å². The molecule has 0 aliphatic carbocycles. The van der Waals surface area contributed by atoms with Gasteiger partial charge >= 0.3 is 0 Å². The second kappa shape index (κ2) is 7.08. The number of halogens is 1. The summed E-state index contributed by atoms with van der Waals surface area (Å²) in [5.74, 6) is 0.925. The van der Waals surface area contributed by atoms with Crippen LogP contribution in [0.1, 0.15) is 38.3 Å². The molecule has 1 aromatic heterocycles. The van der Waals surface area contributed by atoms with Crippen molar-refractivity contribution in [3.63, 3.8) is 0 Å². The molecule has 0 N–H and O–H groups in total. The summed E-state index contributed by atoms with van der Waals surface area (Å²) in [6, 6.07) is 9.12. The van der Waals surface area contributed by atoms with Crippen molar-refractivity contribution in [3.05, 3.63) is 47.2 Å². The lowest BCUT2D eigenvalue weighted by Gasteiger charge is -2.37. The number of carbonyl (C=O) groups excluding carboxylic acids is 1. The molecule has 0 saturated carbocycles. The molecule has 0 radical (unpaired) electrons. The molecule has 6 heteroatoms. The number of likely N-dealkylation sites (tertiary alicyclic amines) is 1. The number of carbonyl (C=O) groups is 1. The Labute approximate surface area is 153 Å². The topological polar surface area (TPSA) is 47.4 Å². The Morgan fingerprint density at radius 2 is 2.00 bits per heavy atom. The number of piperidine rings is 1. The number of amides is 1. The fourth-order valence-electron chi connectivity index (χ4n) is 3.28. The van der Waals surface area contributed by atoms with E-state index in [-0.39, 0.29) is 11.8 Å². The third kappa shape index (κ3) is 4.15. The van der Waals surface area contributed by atoms with Crippen LogP contribution in [0.15, 0.2) is 36.5 Å². The molecule has 2 aromatic rings. The minimum atomic E-state index is -0.931. The van der Waals surface area contributed by atoms with Crippen molar-refractivity contribution in [2.24, 2.45) is 7.05 Å². The predicted octanol–water partition coefficient (Wildman–Crippen LogP) is 3.64. The van der Waals surface area contributed by atoms with Gasteiger partial charge in [-0.15, -0.1) is 0 Å². The zero-order valence-corrected chi connectivity index (χ0v) is 15.7. The Morgan fingerprint density at radius 3 is 2.64 bits per heavy atom. The van der Waals surface area contributed by atoms with Gasteiger partial charge in [-0.1, -0.05) is 11.6 Å². The number of benzene rings is 1. The van der Waals surface area contributed by atoms with Crippen molar-refractivity contribution in [2.75, 3.05) is 13.1 Å². The van der Waals surface area contributed by atoms with E-state index in [4.69, 9.17) is 16.3 Å². The Bertz CT molecular complexity index is 739. The second-order valence-corrected chi connectivity index (χ2v) is 7.51. The van der Waals surface area contributed by atoms with Crippen LogP contribution in [0.25, 0.3) is 0 Å². The van der Waals surface area contributed by atoms with Crippen molar-refractivity contribution in [3.8, 4) is 5.75 Å². The molecular formula is C19H24ClN3O2. The van der Waals surface area contributed by atoms with Crippen molar-refractivity contribution < 1.29 is 9.53 Å². The van der Waals surface area contributed by atoms with Gasteiger partial charge in [-0.2, -0.15) is 5.10 Å². The third-order valence-electron chi connectivity index (χ3n) is 4.56. The number of hydrogen-bond donors (Lipinski definition) is 0. The van der Waals surface area contributed by atoms with E-state index in [1.54, 1.807) is 24.3 Å². The molecule has 0 spiro atoms. The lowest BCUT2D eigenvalue weighted by molar-refractivity contribution is -0.146. The molecule has 1 amide bonds. The first-order chi connectivity index (χ1) is 11.8. The van der Waals surface area contributed by atoms with Crippen LogP contribution in [0, 0.1) is 0 Å². The van der Waals surface area contributed by atoms with Gasteiger partial charge in [0.15, 0.2) is 5.60 Å². The maximum atomic E-state index is 13.0. The molecule has 1 fully saturated rings. The van der Waals surface area contributed by atoms with E-state index >= 15 is 0 Å². The predicted molar refractivity (Wildman–Crippen MR) is 97.9 cm³/mol. The number of nitrogens with zero attached hydrogens (tertiary/aromatic N) is 3. The monoisotopic (exact) mass is 361 g/mol. The fourth-order valence-corrected chi connectivity index (χ4v) is 3.40. The molecule has 1 unspecified atom stereocenters. The van der Waals surface area contributed by atoms with E-state index in [9.17, 15) is 4.79 Å². The maximum absolute atomic E-state index is 13.0. The quantitative estimate of drug-likeness (QED) is 0.835. The number of ether oxygens (including phenoxy) is 1. The van der Waals surface area contributed by atoms with Gasteiger partial charge in [0.2, 0.25) is 0 Å². The standard InChI is InChI=1S/C19H24ClN3O2/c1-19(2,25-16-8-6-15(20)7-9-16)18(24)23-11-4-5-14(13-23)17-10-12-22(3)21-17/h6-10,12,14H,4-5,11,13H2,1-3H3. The van der Waals surface area contributed by atoms with Crippen LogP contribution in [-0.4, -0.2) is 39.3 Å². The normalized spacial score (nSPS) is 18.2. The Morgan fingerprint density at radius 1 is 1.28 bits per heavy atom. The number of hydrogen-bond acceptors (Lipinski definition) is 3. The zero-order chi connectivity index (χ0) is 18.0. The molecular weight excluding hydrogens is 338 g/mol. The average molecular weight is 362 g/mol. The molecule has 1 aromatic carbocycles.